The smallest absolute Gasteiger partial charge is 0.275 e. The lowest BCUT2D eigenvalue weighted by atomic mass is 10.1. The number of nitrogens with zero attached hydrogens (tertiary/aromatic N) is 3. The van der Waals surface area contributed by atoms with E-state index in [9.17, 15) is 4.79 Å². The molecule has 1 amide bonds. The third-order valence-corrected chi connectivity index (χ3v) is 4.31. The Hall–Kier alpha value is -3.18. The first-order valence-electron chi connectivity index (χ1n) is 8.09. The van der Waals surface area contributed by atoms with Gasteiger partial charge in [-0.1, -0.05) is 48.0 Å². The third-order valence-electron chi connectivity index (χ3n) is 4.08. The predicted octanol–water partition coefficient (Wildman–Crippen LogP) is 4.61. The Bertz CT molecular complexity index is 1110. The molecular weight excluding hydrogens is 348 g/mol. The molecule has 0 aliphatic heterocycles. The maximum absolute atomic E-state index is 12.7. The van der Waals surface area contributed by atoms with Crippen LogP contribution in [0.5, 0.6) is 0 Å². The molecule has 1 N–H and O–H groups in total. The second-order valence-electron chi connectivity index (χ2n) is 5.87. The highest BCUT2D eigenvalue weighted by Gasteiger charge is 2.18. The molecule has 0 atom stereocenters. The molecule has 5 nitrogen and oxygen atoms in total. The summed E-state index contributed by atoms with van der Waals surface area (Å²) in [6.45, 7) is 1.99. The van der Waals surface area contributed by atoms with Gasteiger partial charge in [0.25, 0.3) is 5.91 Å². The molecule has 128 valence electrons. The van der Waals surface area contributed by atoms with Crippen LogP contribution < -0.4 is 5.32 Å². The van der Waals surface area contributed by atoms with Gasteiger partial charge < -0.3 is 5.32 Å². The molecule has 0 radical (unpaired) electrons. The van der Waals surface area contributed by atoms with Crippen molar-refractivity contribution in [1.29, 1.82) is 0 Å². The van der Waals surface area contributed by atoms with E-state index in [1.165, 1.54) is 12.3 Å². The molecule has 0 spiro atoms. The quantitative estimate of drug-likeness (QED) is 0.579. The summed E-state index contributed by atoms with van der Waals surface area (Å²) in [4.78, 5) is 21.5. The Morgan fingerprint density at radius 3 is 2.69 bits per heavy atom. The topological polar surface area (TPSA) is 59.3 Å². The van der Waals surface area contributed by atoms with Gasteiger partial charge in [-0.05, 0) is 30.7 Å². The van der Waals surface area contributed by atoms with E-state index in [2.05, 4.69) is 10.3 Å². The molecular formula is C20H15ClN4O. The molecule has 0 unspecified atom stereocenters. The van der Waals surface area contributed by atoms with Crippen LogP contribution in [0.1, 0.15) is 16.1 Å². The van der Waals surface area contributed by atoms with Crippen molar-refractivity contribution in [3.63, 3.8) is 0 Å². The van der Waals surface area contributed by atoms with Crippen molar-refractivity contribution in [2.75, 3.05) is 5.32 Å². The first kappa shape index (κ1) is 16.3. The van der Waals surface area contributed by atoms with Gasteiger partial charge in [-0.25, -0.2) is 4.98 Å². The minimum Gasteiger partial charge on any atom is -0.304 e. The van der Waals surface area contributed by atoms with Crippen LogP contribution in [0, 0.1) is 6.92 Å². The van der Waals surface area contributed by atoms with Crippen LogP contribution in [-0.2, 0) is 0 Å². The van der Waals surface area contributed by atoms with E-state index in [1.54, 1.807) is 6.07 Å². The maximum Gasteiger partial charge on any atom is 0.275 e. The maximum atomic E-state index is 12.7. The first-order valence-corrected chi connectivity index (χ1v) is 8.47. The van der Waals surface area contributed by atoms with Crippen molar-refractivity contribution < 1.29 is 4.79 Å². The van der Waals surface area contributed by atoms with Crippen molar-refractivity contribution in [2.45, 2.75) is 6.92 Å². The summed E-state index contributed by atoms with van der Waals surface area (Å²) in [6, 6.07) is 16.8. The van der Waals surface area contributed by atoms with Gasteiger partial charge in [0, 0.05) is 23.0 Å². The molecule has 0 saturated carbocycles. The molecule has 0 aliphatic rings. The van der Waals surface area contributed by atoms with Gasteiger partial charge in [0.05, 0.1) is 0 Å². The normalized spacial score (nSPS) is 10.8. The van der Waals surface area contributed by atoms with Crippen molar-refractivity contribution in [2.24, 2.45) is 0 Å². The van der Waals surface area contributed by atoms with E-state index in [0.29, 0.717) is 16.5 Å². The number of hydrogen-bond acceptors (Lipinski definition) is 3. The average Bonchev–Trinajstić information content (AvgIpc) is 3.02. The van der Waals surface area contributed by atoms with E-state index in [-0.39, 0.29) is 11.6 Å². The summed E-state index contributed by atoms with van der Waals surface area (Å²) in [7, 11) is 0. The number of nitrogens with one attached hydrogen (secondary N) is 1. The number of imidazole rings is 1. The SMILES string of the molecule is Cc1cccn2c(NC(=O)c3cc(Cl)ccn3)c(-c3ccccc3)nc12. The number of carbonyl (C=O) groups excluding carboxylic acids is 1. The van der Waals surface area contributed by atoms with Crippen molar-refractivity contribution in [3.8, 4) is 11.3 Å². The molecule has 3 heterocycles. The fourth-order valence-electron chi connectivity index (χ4n) is 2.82. The van der Waals surface area contributed by atoms with Gasteiger partial charge in [-0.3, -0.25) is 14.2 Å². The summed E-state index contributed by atoms with van der Waals surface area (Å²) >= 11 is 5.98. The number of benzene rings is 1. The molecule has 0 fully saturated rings. The van der Waals surface area contributed by atoms with Crippen LogP contribution in [0.2, 0.25) is 5.02 Å². The second kappa shape index (κ2) is 6.61. The predicted molar refractivity (Wildman–Crippen MR) is 103 cm³/mol. The van der Waals surface area contributed by atoms with Gasteiger partial charge in [-0.15, -0.1) is 0 Å². The number of hydrogen-bond donors (Lipinski definition) is 1. The molecule has 1 aromatic carbocycles. The van der Waals surface area contributed by atoms with Crippen LogP contribution in [0.3, 0.4) is 0 Å². The zero-order valence-electron chi connectivity index (χ0n) is 14.0. The summed E-state index contributed by atoms with van der Waals surface area (Å²) in [6.07, 6.45) is 3.39. The molecule has 0 bridgehead atoms. The van der Waals surface area contributed by atoms with Crippen LogP contribution >= 0.6 is 11.6 Å². The Balaban J connectivity index is 1.85. The summed E-state index contributed by atoms with van der Waals surface area (Å²) in [5.41, 5.74) is 3.69. The van der Waals surface area contributed by atoms with Crippen LogP contribution in [0.25, 0.3) is 16.9 Å². The van der Waals surface area contributed by atoms with Crippen molar-refractivity contribution in [3.05, 3.63) is 83.3 Å². The molecule has 4 aromatic rings. The first-order chi connectivity index (χ1) is 12.6. The number of carbonyl (C=O) groups is 1. The van der Waals surface area contributed by atoms with E-state index < -0.39 is 0 Å². The number of aromatic nitrogens is 3. The molecule has 0 saturated heterocycles. The molecule has 0 aliphatic carbocycles. The lowest BCUT2D eigenvalue weighted by Gasteiger charge is -2.08. The van der Waals surface area contributed by atoms with Crippen LogP contribution in [-0.4, -0.2) is 20.3 Å². The van der Waals surface area contributed by atoms with Gasteiger partial charge >= 0.3 is 0 Å². The number of aryl methyl sites for hydroxylation is 1. The number of fused-ring (bicyclic) bond motifs is 1. The van der Waals surface area contributed by atoms with Crippen LogP contribution in [0.15, 0.2) is 67.0 Å². The highest BCUT2D eigenvalue weighted by molar-refractivity contribution is 6.31. The van der Waals surface area contributed by atoms with Crippen LogP contribution in [0.4, 0.5) is 5.82 Å². The molecule has 3 aromatic heterocycles. The number of halogens is 1. The summed E-state index contributed by atoms with van der Waals surface area (Å²) < 4.78 is 1.88. The largest absolute Gasteiger partial charge is 0.304 e. The Morgan fingerprint density at radius 2 is 1.92 bits per heavy atom. The van der Waals surface area contributed by atoms with Gasteiger partial charge in [0.1, 0.15) is 22.9 Å². The Labute approximate surface area is 155 Å². The van der Waals surface area contributed by atoms with E-state index in [0.717, 1.165) is 16.8 Å². The van der Waals surface area contributed by atoms with Crippen molar-refractivity contribution in [1.82, 2.24) is 14.4 Å². The van der Waals surface area contributed by atoms with Crippen molar-refractivity contribution >= 4 is 29.0 Å². The minimum atomic E-state index is -0.340. The monoisotopic (exact) mass is 362 g/mol. The fraction of sp³-hybridized carbons (Fsp3) is 0.0500. The standard InChI is InChI=1S/C20H15ClN4O/c1-13-6-5-11-25-18(13)23-17(14-7-3-2-4-8-14)19(25)24-20(26)16-12-15(21)9-10-22-16/h2-12H,1H3,(H,24,26). The van der Waals surface area contributed by atoms with E-state index in [4.69, 9.17) is 16.6 Å². The minimum absolute atomic E-state index is 0.249. The average molecular weight is 363 g/mol. The molecule has 26 heavy (non-hydrogen) atoms. The Kier molecular flexibility index (Phi) is 4.14. The second-order valence-corrected chi connectivity index (χ2v) is 6.31. The summed E-state index contributed by atoms with van der Waals surface area (Å²) in [5.74, 6) is 0.259. The summed E-state index contributed by atoms with van der Waals surface area (Å²) in [5, 5.41) is 3.40. The Morgan fingerprint density at radius 1 is 1.12 bits per heavy atom. The number of anilines is 1. The zero-order valence-corrected chi connectivity index (χ0v) is 14.7. The number of rotatable bonds is 3. The number of pyridine rings is 2. The lowest BCUT2D eigenvalue weighted by Crippen LogP contribution is -2.15. The highest BCUT2D eigenvalue weighted by atomic mass is 35.5. The number of amides is 1. The van der Waals surface area contributed by atoms with Gasteiger partial charge in [-0.2, -0.15) is 0 Å². The molecule has 4 rings (SSSR count). The van der Waals surface area contributed by atoms with Gasteiger partial charge in [0.15, 0.2) is 0 Å². The van der Waals surface area contributed by atoms with E-state index >= 15 is 0 Å². The third kappa shape index (κ3) is 2.93. The molecule has 6 heteroatoms. The van der Waals surface area contributed by atoms with Gasteiger partial charge in [0.2, 0.25) is 0 Å². The fourth-order valence-corrected chi connectivity index (χ4v) is 2.98. The zero-order chi connectivity index (χ0) is 18.1. The lowest BCUT2D eigenvalue weighted by molar-refractivity contribution is 0.102. The highest BCUT2D eigenvalue weighted by Crippen LogP contribution is 2.30. The van der Waals surface area contributed by atoms with E-state index in [1.807, 2.05) is 60.0 Å².